The molecule has 0 bridgehead atoms. The Hall–Kier alpha value is -2.63. The van der Waals surface area contributed by atoms with E-state index < -0.39 is 0 Å². The van der Waals surface area contributed by atoms with Crippen molar-refractivity contribution < 1.29 is 4.79 Å². The van der Waals surface area contributed by atoms with Crippen molar-refractivity contribution in [1.29, 1.82) is 0 Å². The van der Waals surface area contributed by atoms with Crippen molar-refractivity contribution in [3.05, 3.63) is 76.2 Å². The average Bonchev–Trinajstić information content (AvgIpc) is 2.61. The van der Waals surface area contributed by atoms with Gasteiger partial charge >= 0.3 is 0 Å². The summed E-state index contributed by atoms with van der Waals surface area (Å²) in [5.41, 5.74) is 2.56. The van der Waals surface area contributed by atoms with Crippen molar-refractivity contribution in [1.82, 2.24) is 9.97 Å². The minimum Gasteiger partial charge on any atom is -0.337 e. The van der Waals surface area contributed by atoms with Crippen LogP contribution < -0.4 is 10.6 Å². The van der Waals surface area contributed by atoms with Crippen LogP contribution in [0.5, 0.6) is 0 Å². The second-order valence-electron chi connectivity index (χ2n) is 5.33. The van der Waals surface area contributed by atoms with E-state index in [2.05, 4.69) is 20.6 Å². The van der Waals surface area contributed by atoms with Gasteiger partial charge in [0.25, 0.3) is 5.91 Å². The normalized spacial score (nSPS) is 10.4. The van der Waals surface area contributed by atoms with Crippen molar-refractivity contribution in [2.45, 2.75) is 6.92 Å². The van der Waals surface area contributed by atoms with Gasteiger partial charge in [0.2, 0.25) is 0 Å². The van der Waals surface area contributed by atoms with Crippen LogP contribution in [0.15, 0.2) is 54.9 Å². The van der Waals surface area contributed by atoms with E-state index in [9.17, 15) is 4.79 Å². The molecule has 3 rings (SSSR count). The highest BCUT2D eigenvalue weighted by Crippen LogP contribution is 2.31. The maximum Gasteiger partial charge on any atom is 0.275 e. The van der Waals surface area contributed by atoms with Gasteiger partial charge in [0, 0.05) is 5.69 Å². The van der Waals surface area contributed by atoms with Gasteiger partial charge in [-0.3, -0.25) is 4.79 Å². The third-order valence-electron chi connectivity index (χ3n) is 3.41. The lowest BCUT2D eigenvalue weighted by molar-refractivity contribution is 0.102. The molecule has 126 valence electrons. The highest BCUT2D eigenvalue weighted by Gasteiger charge is 2.10. The van der Waals surface area contributed by atoms with E-state index in [-0.39, 0.29) is 11.6 Å². The molecule has 3 aromatic rings. The van der Waals surface area contributed by atoms with Crippen LogP contribution in [0.2, 0.25) is 10.0 Å². The van der Waals surface area contributed by atoms with Crippen LogP contribution in [0.25, 0.3) is 0 Å². The summed E-state index contributed by atoms with van der Waals surface area (Å²) in [5.74, 6) is 0.0977. The summed E-state index contributed by atoms with van der Waals surface area (Å²) >= 11 is 12.2. The summed E-state index contributed by atoms with van der Waals surface area (Å²) in [6, 6.07) is 12.7. The van der Waals surface area contributed by atoms with Crippen LogP contribution in [0.3, 0.4) is 0 Å². The third-order valence-corrected chi connectivity index (χ3v) is 4.04. The minimum absolute atomic E-state index is 0.205. The largest absolute Gasteiger partial charge is 0.337 e. The molecule has 2 aromatic carbocycles. The molecule has 1 heterocycles. The molecule has 0 unspecified atom stereocenters. The number of nitrogens with one attached hydrogen (secondary N) is 2. The number of hydrogen-bond donors (Lipinski definition) is 2. The Morgan fingerprint density at radius 1 is 0.960 bits per heavy atom. The van der Waals surface area contributed by atoms with E-state index in [1.165, 1.54) is 12.4 Å². The van der Waals surface area contributed by atoms with Crippen LogP contribution in [-0.4, -0.2) is 15.9 Å². The van der Waals surface area contributed by atoms with Gasteiger partial charge in [-0.1, -0.05) is 47.0 Å². The number of rotatable bonds is 4. The molecule has 7 heteroatoms. The molecule has 1 aromatic heterocycles. The SMILES string of the molecule is Cc1ccc(NC(=O)c2cnc(Nc3c(Cl)cccc3Cl)cn2)cc1. The molecule has 0 aliphatic heterocycles. The molecule has 0 atom stereocenters. The number of halogens is 2. The fraction of sp³-hybridized carbons (Fsp3) is 0.0556. The number of para-hydroxylation sites is 1. The first-order chi connectivity index (χ1) is 12.0. The van der Waals surface area contributed by atoms with Crippen molar-refractivity contribution >= 4 is 46.3 Å². The molecule has 0 aliphatic carbocycles. The molecule has 5 nitrogen and oxygen atoms in total. The van der Waals surface area contributed by atoms with E-state index in [0.717, 1.165) is 5.56 Å². The van der Waals surface area contributed by atoms with Gasteiger partial charge in [0.1, 0.15) is 11.5 Å². The Morgan fingerprint density at radius 2 is 1.64 bits per heavy atom. The fourth-order valence-corrected chi connectivity index (χ4v) is 2.58. The van der Waals surface area contributed by atoms with Gasteiger partial charge < -0.3 is 10.6 Å². The molecular weight excluding hydrogens is 359 g/mol. The number of nitrogens with zero attached hydrogens (tertiary/aromatic N) is 2. The van der Waals surface area contributed by atoms with E-state index >= 15 is 0 Å². The van der Waals surface area contributed by atoms with E-state index in [4.69, 9.17) is 23.2 Å². The number of carbonyl (C=O) groups excluding carboxylic acids is 1. The summed E-state index contributed by atoms with van der Waals surface area (Å²) in [5, 5.41) is 6.70. The van der Waals surface area contributed by atoms with Crippen LogP contribution in [-0.2, 0) is 0 Å². The Morgan fingerprint density at radius 3 is 2.24 bits per heavy atom. The third kappa shape index (κ3) is 4.26. The second-order valence-corrected chi connectivity index (χ2v) is 6.14. The molecule has 2 N–H and O–H groups in total. The Bertz CT molecular complexity index is 876. The highest BCUT2D eigenvalue weighted by atomic mass is 35.5. The fourth-order valence-electron chi connectivity index (χ4n) is 2.09. The van der Waals surface area contributed by atoms with Crippen LogP contribution in [0.4, 0.5) is 17.2 Å². The summed E-state index contributed by atoms with van der Waals surface area (Å²) in [6.07, 6.45) is 2.83. The van der Waals surface area contributed by atoms with Crippen molar-refractivity contribution in [3.8, 4) is 0 Å². The monoisotopic (exact) mass is 372 g/mol. The minimum atomic E-state index is -0.335. The Balaban J connectivity index is 1.71. The van der Waals surface area contributed by atoms with E-state index in [1.807, 2.05) is 31.2 Å². The Kier molecular flexibility index (Phi) is 5.16. The molecule has 0 spiro atoms. The van der Waals surface area contributed by atoms with Gasteiger partial charge in [-0.2, -0.15) is 0 Å². The van der Waals surface area contributed by atoms with Crippen molar-refractivity contribution in [3.63, 3.8) is 0 Å². The first kappa shape index (κ1) is 17.2. The number of aromatic nitrogens is 2. The van der Waals surface area contributed by atoms with E-state index in [0.29, 0.717) is 27.2 Å². The molecule has 0 aliphatic rings. The highest BCUT2D eigenvalue weighted by molar-refractivity contribution is 6.39. The van der Waals surface area contributed by atoms with Crippen LogP contribution >= 0.6 is 23.2 Å². The lowest BCUT2D eigenvalue weighted by Gasteiger charge is -2.09. The Labute approximate surface area is 155 Å². The molecule has 0 saturated carbocycles. The number of hydrogen-bond acceptors (Lipinski definition) is 4. The standard InChI is InChI=1S/C18H14Cl2N4O/c1-11-5-7-12(8-6-11)23-18(25)15-9-22-16(10-21-15)24-17-13(19)3-2-4-14(17)20/h2-10H,1H3,(H,22,24)(H,23,25). The van der Waals surface area contributed by atoms with Gasteiger partial charge in [-0.05, 0) is 31.2 Å². The summed E-state index contributed by atoms with van der Waals surface area (Å²) in [7, 11) is 0. The second kappa shape index (κ2) is 7.51. The van der Waals surface area contributed by atoms with Gasteiger partial charge in [0.15, 0.2) is 0 Å². The summed E-state index contributed by atoms with van der Waals surface area (Å²) in [4.78, 5) is 20.5. The maximum atomic E-state index is 12.2. The van der Waals surface area contributed by atoms with Gasteiger partial charge in [0.05, 0.1) is 28.1 Å². The zero-order valence-electron chi connectivity index (χ0n) is 13.3. The quantitative estimate of drug-likeness (QED) is 0.669. The first-order valence-electron chi connectivity index (χ1n) is 7.44. The zero-order chi connectivity index (χ0) is 17.8. The number of amides is 1. The van der Waals surface area contributed by atoms with Crippen molar-refractivity contribution in [2.24, 2.45) is 0 Å². The zero-order valence-corrected chi connectivity index (χ0v) is 14.8. The van der Waals surface area contributed by atoms with E-state index in [1.54, 1.807) is 18.2 Å². The average molecular weight is 373 g/mol. The number of anilines is 3. The predicted octanol–water partition coefficient (Wildman–Crippen LogP) is 5.09. The number of aryl methyl sites for hydroxylation is 1. The molecule has 0 radical (unpaired) electrons. The molecule has 1 amide bonds. The van der Waals surface area contributed by atoms with Crippen LogP contribution in [0, 0.1) is 6.92 Å². The van der Waals surface area contributed by atoms with Crippen LogP contribution in [0.1, 0.15) is 16.1 Å². The lowest BCUT2D eigenvalue weighted by atomic mass is 10.2. The van der Waals surface area contributed by atoms with Gasteiger partial charge in [-0.25, -0.2) is 9.97 Å². The topological polar surface area (TPSA) is 66.9 Å². The lowest BCUT2D eigenvalue weighted by Crippen LogP contribution is -2.14. The summed E-state index contributed by atoms with van der Waals surface area (Å²) in [6.45, 7) is 1.98. The van der Waals surface area contributed by atoms with Gasteiger partial charge in [-0.15, -0.1) is 0 Å². The first-order valence-corrected chi connectivity index (χ1v) is 8.19. The number of benzene rings is 2. The molecular formula is C18H14Cl2N4O. The van der Waals surface area contributed by atoms with Crippen molar-refractivity contribution in [2.75, 3.05) is 10.6 Å². The smallest absolute Gasteiger partial charge is 0.275 e. The molecule has 25 heavy (non-hydrogen) atoms. The number of carbonyl (C=O) groups is 1. The maximum absolute atomic E-state index is 12.2. The summed E-state index contributed by atoms with van der Waals surface area (Å²) < 4.78 is 0. The molecule has 0 saturated heterocycles. The predicted molar refractivity (Wildman–Crippen MR) is 101 cm³/mol. The molecule has 0 fully saturated rings.